The van der Waals surface area contributed by atoms with Crippen molar-refractivity contribution in [2.45, 2.75) is 6.42 Å². The molecule has 1 amide bonds. The number of fused-ring (bicyclic) bond motifs is 1. The van der Waals surface area contributed by atoms with Crippen molar-refractivity contribution in [3.05, 3.63) is 88.4 Å². The van der Waals surface area contributed by atoms with Crippen molar-refractivity contribution < 1.29 is 9.53 Å². The molecule has 0 saturated carbocycles. The van der Waals surface area contributed by atoms with Crippen LogP contribution in [0.15, 0.2) is 66.7 Å². The molecule has 7 heteroatoms. The van der Waals surface area contributed by atoms with Crippen LogP contribution < -0.4 is 9.64 Å². The standard InChI is InChI=1S/C26H24ClN3O2S/c1-32-24-21(27)11-12-22-23(24)28-26(33-22)30-15-13-29(14-16-30)25(31)20-9-7-19(8-10-20)17-18-5-3-2-4-6-18/h2-12H,13-17H2,1H3. The number of anilines is 1. The second-order valence-corrected chi connectivity index (χ2v) is 9.48. The number of ether oxygens (including phenoxy) is 1. The molecule has 1 fully saturated rings. The molecule has 0 spiro atoms. The number of thiazole rings is 1. The highest BCUT2D eigenvalue weighted by atomic mass is 35.5. The normalized spacial score (nSPS) is 14.0. The highest BCUT2D eigenvalue weighted by molar-refractivity contribution is 7.22. The lowest BCUT2D eigenvalue weighted by Crippen LogP contribution is -2.48. The Kier molecular flexibility index (Phi) is 6.20. The highest BCUT2D eigenvalue weighted by Crippen LogP contribution is 2.38. The molecule has 33 heavy (non-hydrogen) atoms. The Morgan fingerprint density at radius 1 is 0.970 bits per heavy atom. The van der Waals surface area contributed by atoms with Gasteiger partial charge in [-0.25, -0.2) is 4.98 Å². The van der Waals surface area contributed by atoms with Crippen LogP contribution in [0.4, 0.5) is 5.13 Å². The van der Waals surface area contributed by atoms with E-state index in [2.05, 4.69) is 29.2 Å². The third-order valence-electron chi connectivity index (χ3n) is 5.95. The molecule has 0 atom stereocenters. The van der Waals surface area contributed by atoms with Gasteiger partial charge in [0, 0.05) is 31.7 Å². The lowest BCUT2D eigenvalue weighted by molar-refractivity contribution is 0.0747. The minimum Gasteiger partial charge on any atom is -0.493 e. The number of rotatable bonds is 5. The predicted molar refractivity (Wildman–Crippen MR) is 135 cm³/mol. The van der Waals surface area contributed by atoms with E-state index in [9.17, 15) is 4.79 Å². The summed E-state index contributed by atoms with van der Waals surface area (Å²) in [6, 6.07) is 22.2. The van der Waals surface area contributed by atoms with E-state index < -0.39 is 0 Å². The summed E-state index contributed by atoms with van der Waals surface area (Å²) in [5.41, 5.74) is 4.00. The van der Waals surface area contributed by atoms with Gasteiger partial charge >= 0.3 is 0 Å². The van der Waals surface area contributed by atoms with Crippen molar-refractivity contribution in [2.75, 3.05) is 38.2 Å². The lowest BCUT2D eigenvalue weighted by atomic mass is 10.0. The quantitative estimate of drug-likeness (QED) is 0.380. The van der Waals surface area contributed by atoms with Crippen molar-refractivity contribution in [3.8, 4) is 5.75 Å². The van der Waals surface area contributed by atoms with Gasteiger partial charge in [-0.2, -0.15) is 0 Å². The number of halogens is 1. The largest absolute Gasteiger partial charge is 0.493 e. The number of carbonyl (C=O) groups is 1. The SMILES string of the molecule is COc1c(Cl)ccc2sc(N3CCN(C(=O)c4ccc(Cc5ccccc5)cc4)CC3)nc12. The molecular formula is C26H24ClN3O2S. The number of amides is 1. The van der Waals surface area contributed by atoms with Crippen LogP contribution in [0.1, 0.15) is 21.5 Å². The average Bonchev–Trinajstić information content (AvgIpc) is 3.29. The van der Waals surface area contributed by atoms with Crippen LogP contribution in [-0.4, -0.2) is 49.1 Å². The van der Waals surface area contributed by atoms with Crippen molar-refractivity contribution in [1.29, 1.82) is 0 Å². The molecule has 1 aromatic heterocycles. The van der Waals surface area contributed by atoms with E-state index in [0.717, 1.165) is 40.4 Å². The molecule has 1 aliphatic rings. The third-order valence-corrected chi connectivity index (χ3v) is 7.33. The summed E-state index contributed by atoms with van der Waals surface area (Å²) in [6.45, 7) is 2.82. The highest BCUT2D eigenvalue weighted by Gasteiger charge is 2.24. The Labute approximate surface area is 202 Å². The van der Waals surface area contributed by atoms with Gasteiger partial charge in [-0.15, -0.1) is 0 Å². The third kappa shape index (κ3) is 4.54. The molecule has 1 saturated heterocycles. The van der Waals surface area contributed by atoms with Gasteiger partial charge in [-0.3, -0.25) is 4.79 Å². The number of nitrogens with zero attached hydrogens (tertiary/aromatic N) is 3. The van der Waals surface area contributed by atoms with Crippen LogP contribution in [0.25, 0.3) is 10.2 Å². The minimum absolute atomic E-state index is 0.0821. The van der Waals surface area contributed by atoms with Gasteiger partial charge in [0.25, 0.3) is 5.91 Å². The van der Waals surface area contributed by atoms with Gasteiger partial charge < -0.3 is 14.5 Å². The molecule has 5 nitrogen and oxygen atoms in total. The van der Waals surface area contributed by atoms with Crippen LogP contribution in [0.3, 0.4) is 0 Å². The van der Waals surface area contributed by atoms with Crippen molar-refractivity contribution >= 4 is 44.2 Å². The van der Waals surface area contributed by atoms with E-state index in [4.69, 9.17) is 21.3 Å². The summed E-state index contributed by atoms with van der Waals surface area (Å²) in [5.74, 6) is 0.694. The summed E-state index contributed by atoms with van der Waals surface area (Å²) in [5, 5.41) is 1.50. The Balaban J connectivity index is 1.23. The molecule has 1 aliphatic heterocycles. The van der Waals surface area contributed by atoms with Crippen molar-refractivity contribution in [3.63, 3.8) is 0 Å². The zero-order valence-electron chi connectivity index (χ0n) is 18.3. The van der Waals surface area contributed by atoms with Gasteiger partial charge in [0.1, 0.15) is 5.52 Å². The summed E-state index contributed by atoms with van der Waals surface area (Å²) in [7, 11) is 1.61. The first kappa shape index (κ1) is 21.7. The van der Waals surface area contributed by atoms with E-state index >= 15 is 0 Å². The van der Waals surface area contributed by atoms with E-state index in [-0.39, 0.29) is 5.91 Å². The van der Waals surface area contributed by atoms with Crippen LogP contribution >= 0.6 is 22.9 Å². The topological polar surface area (TPSA) is 45.7 Å². The molecule has 0 N–H and O–H groups in total. The first-order chi connectivity index (χ1) is 16.1. The predicted octanol–water partition coefficient (Wildman–Crippen LogP) is 5.51. The van der Waals surface area contributed by atoms with Crippen LogP contribution in [-0.2, 0) is 6.42 Å². The Bertz CT molecular complexity index is 1270. The van der Waals surface area contributed by atoms with Crippen molar-refractivity contribution in [1.82, 2.24) is 9.88 Å². The number of piperazine rings is 1. The molecule has 0 unspecified atom stereocenters. The maximum absolute atomic E-state index is 13.0. The number of methoxy groups -OCH3 is 1. The first-order valence-electron chi connectivity index (χ1n) is 10.9. The summed E-state index contributed by atoms with van der Waals surface area (Å²) < 4.78 is 6.48. The Morgan fingerprint density at radius 2 is 1.67 bits per heavy atom. The van der Waals surface area contributed by atoms with Gasteiger partial charge in [0.15, 0.2) is 10.9 Å². The molecule has 168 valence electrons. The summed E-state index contributed by atoms with van der Waals surface area (Å²) in [6.07, 6.45) is 0.867. The second kappa shape index (κ2) is 9.41. The first-order valence-corrected chi connectivity index (χ1v) is 12.1. The zero-order chi connectivity index (χ0) is 22.8. The fourth-order valence-electron chi connectivity index (χ4n) is 4.14. The molecular weight excluding hydrogens is 454 g/mol. The summed E-state index contributed by atoms with van der Waals surface area (Å²) >= 11 is 7.87. The van der Waals surface area contributed by atoms with E-state index in [1.807, 2.05) is 47.4 Å². The van der Waals surface area contributed by atoms with E-state index in [1.165, 1.54) is 11.1 Å². The maximum atomic E-state index is 13.0. The molecule has 0 bridgehead atoms. The smallest absolute Gasteiger partial charge is 0.253 e. The Hall–Kier alpha value is -3.09. The molecule has 0 aliphatic carbocycles. The van der Waals surface area contributed by atoms with Crippen LogP contribution in [0.2, 0.25) is 5.02 Å². The van der Waals surface area contributed by atoms with E-state index in [1.54, 1.807) is 18.4 Å². The molecule has 5 rings (SSSR count). The van der Waals surface area contributed by atoms with Crippen molar-refractivity contribution in [2.24, 2.45) is 0 Å². The molecule has 2 heterocycles. The monoisotopic (exact) mass is 477 g/mol. The van der Waals surface area contributed by atoms with Crippen LogP contribution in [0, 0.1) is 0 Å². The number of aromatic nitrogens is 1. The number of carbonyl (C=O) groups excluding carboxylic acids is 1. The lowest BCUT2D eigenvalue weighted by Gasteiger charge is -2.34. The van der Waals surface area contributed by atoms with Gasteiger partial charge in [-0.1, -0.05) is 65.4 Å². The minimum atomic E-state index is 0.0821. The summed E-state index contributed by atoms with van der Waals surface area (Å²) in [4.78, 5) is 22.0. The molecule has 3 aromatic carbocycles. The average molecular weight is 478 g/mol. The van der Waals surface area contributed by atoms with Gasteiger partial charge in [0.05, 0.1) is 16.8 Å². The molecule has 0 radical (unpaired) electrons. The Morgan fingerprint density at radius 3 is 2.36 bits per heavy atom. The van der Waals surface area contributed by atoms with Crippen LogP contribution in [0.5, 0.6) is 5.75 Å². The second-order valence-electron chi connectivity index (χ2n) is 8.06. The number of hydrogen-bond donors (Lipinski definition) is 0. The number of hydrogen-bond acceptors (Lipinski definition) is 5. The maximum Gasteiger partial charge on any atom is 0.253 e. The van der Waals surface area contributed by atoms with Gasteiger partial charge in [-0.05, 0) is 41.8 Å². The van der Waals surface area contributed by atoms with E-state index in [0.29, 0.717) is 23.9 Å². The molecule has 4 aromatic rings. The fourth-order valence-corrected chi connectivity index (χ4v) is 5.39. The number of benzene rings is 3. The zero-order valence-corrected chi connectivity index (χ0v) is 19.9. The fraction of sp³-hybridized carbons (Fsp3) is 0.231. The van der Waals surface area contributed by atoms with Gasteiger partial charge in [0.2, 0.25) is 0 Å².